The first-order chi connectivity index (χ1) is 18.5. The second-order valence-electron chi connectivity index (χ2n) is 9.29. The van der Waals surface area contributed by atoms with Crippen LogP contribution in [0.5, 0.6) is 0 Å². The predicted molar refractivity (Wildman–Crippen MR) is 145 cm³/mol. The Morgan fingerprint density at radius 3 is 2.37 bits per heavy atom. The predicted octanol–water partition coefficient (Wildman–Crippen LogP) is 4.72. The minimum atomic E-state index is -0.902. The molecule has 0 aliphatic carbocycles. The largest absolute Gasteiger partial charge is 0.355 e. The van der Waals surface area contributed by atoms with E-state index in [2.05, 4.69) is 5.32 Å². The summed E-state index contributed by atoms with van der Waals surface area (Å²) in [5.74, 6) is -1.51. The smallest absolute Gasteiger partial charge is 0.259 e. The zero-order valence-electron chi connectivity index (χ0n) is 21.1. The Bertz CT molecular complexity index is 1500. The SMILES string of the molecule is CCNC(=O)[C@H](Cc1ccccc1)N(Cc1ccccc1F)C(=O)CN1C(=O)c2cccc3cccc1c23. The van der Waals surface area contributed by atoms with E-state index in [1.807, 2.05) is 60.7 Å². The number of nitrogens with one attached hydrogen (secondary N) is 1. The fourth-order valence-electron chi connectivity index (χ4n) is 5.02. The average Bonchev–Trinajstić information content (AvgIpc) is 3.20. The maximum Gasteiger partial charge on any atom is 0.259 e. The van der Waals surface area contributed by atoms with Crippen LogP contribution in [0.4, 0.5) is 10.1 Å². The van der Waals surface area contributed by atoms with Gasteiger partial charge in [0.25, 0.3) is 5.91 Å². The lowest BCUT2D eigenvalue weighted by molar-refractivity contribution is -0.140. The molecule has 0 spiro atoms. The van der Waals surface area contributed by atoms with Gasteiger partial charge in [-0.25, -0.2) is 4.39 Å². The van der Waals surface area contributed by atoms with Crippen LogP contribution in [-0.2, 0) is 22.6 Å². The van der Waals surface area contributed by atoms with E-state index >= 15 is 0 Å². The van der Waals surface area contributed by atoms with E-state index in [1.54, 1.807) is 31.2 Å². The molecule has 192 valence electrons. The number of anilines is 1. The van der Waals surface area contributed by atoms with Crippen molar-refractivity contribution in [3.63, 3.8) is 0 Å². The highest BCUT2D eigenvalue weighted by Crippen LogP contribution is 2.37. The van der Waals surface area contributed by atoms with Crippen molar-refractivity contribution in [2.75, 3.05) is 18.0 Å². The molecule has 1 aliphatic rings. The highest BCUT2D eigenvalue weighted by atomic mass is 19.1. The van der Waals surface area contributed by atoms with Crippen molar-refractivity contribution in [2.24, 2.45) is 0 Å². The summed E-state index contributed by atoms with van der Waals surface area (Å²) in [5.41, 5.74) is 2.35. The zero-order valence-corrected chi connectivity index (χ0v) is 21.1. The number of carbonyl (C=O) groups excluding carboxylic acids is 3. The molecule has 0 fully saturated rings. The number of likely N-dealkylation sites (N-methyl/N-ethyl adjacent to an activating group) is 1. The number of hydrogen-bond donors (Lipinski definition) is 1. The first-order valence-electron chi connectivity index (χ1n) is 12.7. The third kappa shape index (κ3) is 4.87. The minimum Gasteiger partial charge on any atom is -0.355 e. The summed E-state index contributed by atoms with van der Waals surface area (Å²) in [5, 5.41) is 4.54. The van der Waals surface area contributed by atoms with Crippen LogP contribution < -0.4 is 10.2 Å². The van der Waals surface area contributed by atoms with Crippen molar-refractivity contribution < 1.29 is 18.8 Å². The van der Waals surface area contributed by atoms with Crippen LogP contribution in [0.3, 0.4) is 0 Å². The normalized spacial score (nSPS) is 13.0. The molecule has 1 N–H and O–H groups in total. The lowest BCUT2D eigenvalue weighted by atomic mass is 10.0. The van der Waals surface area contributed by atoms with Gasteiger partial charge in [0.15, 0.2) is 0 Å². The van der Waals surface area contributed by atoms with Crippen LogP contribution in [0.2, 0.25) is 0 Å². The third-order valence-corrected chi connectivity index (χ3v) is 6.86. The molecule has 0 bridgehead atoms. The molecule has 0 saturated heterocycles. The van der Waals surface area contributed by atoms with Gasteiger partial charge in [0.1, 0.15) is 18.4 Å². The van der Waals surface area contributed by atoms with Crippen molar-refractivity contribution in [1.82, 2.24) is 10.2 Å². The van der Waals surface area contributed by atoms with Crippen LogP contribution in [0, 0.1) is 5.82 Å². The molecule has 4 aromatic rings. The number of hydrogen-bond acceptors (Lipinski definition) is 3. The topological polar surface area (TPSA) is 69.7 Å². The van der Waals surface area contributed by atoms with E-state index in [0.29, 0.717) is 23.4 Å². The second kappa shape index (κ2) is 10.8. The molecule has 3 amide bonds. The standard InChI is InChI=1S/C31H28FN3O3/c1-2-33-30(37)27(18-21-10-4-3-5-11-21)34(19-23-12-6-7-16-25(23)32)28(36)20-35-26-17-9-14-22-13-8-15-24(29(22)26)31(35)38/h3-17,27H,2,18-20H2,1H3,(H,33,37)/t27-/m0/s1. The molecule has 0 aromatic heterocycles. The molecule has 5 rings (SSSR count). The first kappa shape index (κ1) is 25.1. The lowest BCUT2D eigenvalue weighted by Gasteiger charge is -2.33. The van der Waals surface area contributed by atoms with Gasteiger partial charge in [-0.05, 0) is 36.1 Å². The summed E-state index contributed by atoms with van der Waals surface area (Å²) < 4.78 is 14.7. The summed E-state index contributed by atoms with van der Waals surface area (Å²) in [6.07, 6.45) is 0.247. The quantitative estimate of drug-likeness (QED) is 0.355. The van der Waals surface area contributed by atoms with Gasteiger partial charge in [-0.1, -0.05) is 72.8 Å². The van der Waals surface area contributed by atoms with E-state index in [0.717, 1.165) is 16.3 Å². The van der Waals surface area contributed by atoms with Crippen molar-refractivity contribution in [3.8, 4) is 0 Å². The molecule has 38 heavy (non-hydrogen) atoms. The summed E-state index contributed by atoms with van der Waals surface area (Å²) >= 11 is 0. The molecule has 4 aromatic carbocycles. The van der Waals surface area contributed by atoms with Crippen LogP contribution >= 0.6 is 0 Å². The van der Waals surface area contributed by atoms with Crippen LogP contribution in [-0.4, -0.2) is 41.8 Å². The summed E-state index contributed by atoms with van der Waals surface area (Å²) in [4.78, 5) is 43.5. The highest BCUT2D eigenvalue weighted by molar-refractivity contribution is 6.26. The van der Waals surface area contributed by atoms with E-state index in [9.17, 15) is 18.8 Å². The molecule has 0 saturated carbocycles. The van der Waals surface area contributed by atoms with Gasteiger partial charge < -0.3 is 10.2 Å². The van der Waals surface area contributed by atoms with Crippen molar-refractivity contribution in [2.45, 2.75) is 25.9 Å². The average molecular weight is 510 g/mol. The third-order valence-electron chi connectivity index (χ3n) is 6.86. The summed E-state index contributed by atoms with van der Waals surface area (Å²) in [6.45, 7) is 1.81. The zero-order chi connectivity index (χ0) is 26.6. The number of carbonyl (C=O) groups is 3. The van der Waals surface area contributed by atoms with Gasteiger partial charge in [-0.3, -0.25) is 19.3 Å². The molecule has 1 atom stereocenters. The monoisotopic (exact) mass is 509 g/mol. The van der Waals surface area contributed by atoms with E-state index in [1.165, 1.54) is 15.9 Å². The van der Waals surface area contributed by atoms with Crippen molar-refractivity contribution in [3.05, 3.63) is 114 Å². The van der Waals surface area contributed by atoms with Gasteiger partial charge in [-0.15, -0.1) is 0 Å². The van der Waals surface area contributed by atoms with E-state index < -0.39 is 17.8 Å². The molecule has 0 unspecified atom stereocenters. The number of benzene rings is 4. The minimum absolute atomic E-state index is 0.112. The Kier molecular flexibility index (Phi) is 7.18. The molecule has 0 radical (unpaired) electrons. The molecule has 1 aliphatic heterocycles. The first-order valence-corrected chi connectivity index (χ1v) is 12.7. The molecule has 7 heteroatoms. The number of halogens is 1. The van der Waals surface area contributed by atoms with Crippen molar-refractivity contribution in [1.29, 1.82) is 0 Å². The maximum atomic E-state index is 14.7. The molecule has 1 heterocycles. The van der Waals surface area contributed by atoms with Crippen molar-refractivity contribution >= 4 is 34.2 Å². The number of rotatable bonds is 9. The summed E-state index contributed by atoms with van der Waals surface area (Å²) in [6, 6.07) is 25.8. The van der Waals surface area contributed by atoms with Gasteiger partial charge in [0.2, 0.25) is 11.8 Å². The van der Waals surface area contributed by atoms with Crippen LogP contribution in [0.25, 0.3) is 10.8 Å². The number of nitrogens with zero attached hydrogens (tertiary/aromatic N) is 2. The van der Waals surface area contributed by atoms with Gasteiger partial charge in [0.05, 0.1) is 5.69 Å². The Hall–Kier alpha value is -4.52. The Labute approximate surface area is 220 Å². The molecular formula is C31H28FN3O3. The van der Waals surface area contributed by atoms with Gasteiger partial charge >= 0.3 is 0 Å². The van der Waals surface area contributed by atoms with E-state index in [-0.39, 0.29) is 31.3 Å². The Morgan fingerprint density at radius 2 is 1.63 bits per heavy atom. The Morgan fingerprint density at radius 1 is 0.921 bits per heavy atom. The fourth-order valence-corrected chi connectivity index (χ4v) is 5.02. The Balaban J connectivity index is 1.51. The second-order valence-corrected chi connectivity index (χ2v) is 9.29. The molecule has 6 nitrogen and oxygen atoms in total. The molecular weight excluding hydrogens is 481 g/mol. The lowest BCUT2D eigenvalue weighted by Crippen LogP contribution is -2.53. The fraction of sp³-hybridized carbons (Fsp3) is 0.194. The summed E-state index contributed by atoms with van der Waals surface area (Å²) in [7, 11) is 0. The maximum absolute atomic E-state index is 14.7. The van der Waals surface area contributed by atoms with E-state index in [4.69, 9.17) is 0 Å². The number of amides is 3. The van der Waals surface area contributed by atoms with Gasteiger partial charge in [0, 0.05) is 36.0 Å². The highest BCUT2D eigenvalue weighted by Gasteiger charge is 2.36. The van der Waals surface area contributed by atoms with Gasteiger partial charge in [-0.2, -0.15) is 0 Å². The van der Waals surface area contributed by atoms with Crippen LogP contribution in [0.15, 0.2) is 91.0 Å². The van der Waals surface area contributed by atoms with Crippen LogP contribution in [0.1, 0.15) is 28.4 Å².